The van der Waals surface area contributed by atoms with Crippen molar-refractivity contribution < 1.29 is 18.3 Å². The van der Waals surface area contributed by atoms with Crippen LogP contribution in [-0.2, 0) is 10.0 Å². The molecule has 2 aromatic carbocycles. The first-order valence-electron chi connectivity index (χ1n) is 5.61. The van der Waals surface area contributed by atoms with Crippen LogP contribution in [0.3, 0.4) is 0 Å². The minimum Gasteiger partial charge on any atom is -0.478 e. The lowest BCUT2D eigenvalue weighted by atomic mass is 10.2. The summed E-state index contributed by atoms with van der Waals surface area (Å²) in [6.45, 7) is 0. The zero-order chi connectivity index (χ0) is 15.6. The zero-order valence-corrected chi connectivity index (χ0v) is 12.7. The van der Waals surface area contributed by atoms with Crippen LogP contribution in [0, 0.1) is 0 Å². The van der Waals surface area contributed by atoms with E-state index in [0.717, 1.165) is 0 Å². The van der Waals surface area contributed by atoms with Gasteiger partial charge >= 0.3 is 5.97 Å². The van der Waals surface area contributed by atoms with E-state index < -0.39 is 16.0 Å². The lowest BCUT2D eigenvalue weighted by Crippen LogP contribution is -2.16. The summed E-state index contributed by atoms with van der Waals surface area (Å²) in [6, 6.07) is 9.66. The van der Waals surface area contributed by atoms with Gasteiger partial charge < -0.3 is 5.11 Å². The molecule has 0 aromatic heterocycles. The first kappa shape index (κ1) is 15.6. The Balaban J connectivity index is 2.49. The molecule has 2 N–H and O–H groups in total. The van der Waals surface area contributed by atoms with Crippen molar-refractivity contribution in [3.8, 4) is 0 Å². The number of nitrogens with one attached hydrogen (secondary N) is 1. The number of carbonyl (C=O) groups is 1. The van der Waals surface area contributed by atoms with Crippen molar-refractivity contribution in [1.82, 2.24) is 0 Å². The van der Waals surface area contributed by atoms with Gasteiger partial charge in [-0.2, -0.15) is 0 Å². The van der Waals surface area contributed by atoms with E-state index in [1.807, 2.05) is 0 Å². The number of halogens is 2. The molecule has 2 rings (SSSR count). The fourth-order valence-electron chi connectivity index (χ4n) is 1.63. The molecule has 0 amide bonds. The van der Waals surface area contributed by atoms with E-state index in [9.17, 15) is 13.2 Å². The Hall–Kier alpha value is -1.76. The monoisotopic (exact) mass is 345 g/mol. The minimum atomic E-state index is -4.00. The summed E-state index contributed by atoms with van der Waals surface area (Å²) < 4.78 is 26.7. The number of rotatable bonds is 4. The Morgan fingerprint density at radius 3 is 2.38 bits per heavy atom. The zero-order valence-electron chi connectivity index (χ0n) is 10.4. The highest BCUT2D eigenvalue weighted by Crippen LogP contribution is 2.29. The number of carboxylic acid groups (broad SMARTS) is 1. The van der Waals surface area contributed by atoms with Crippen LogP contribution in [0.2, 0.25) is 10.0 Å². The molecule has 0 saturated heterocycles. The van der Waals surface area contributed by atoms with Crippen LogP contribution in [-0.4, -0.2) is 19.5 Å². The highest BCUT2D eigenvalue weighted by atomic mass is 35.5. The molecule has 0 atom stereocenters. The van der Waals surface area contributed by atoms with Crippen molar-refractivity contribution in [2.75, 3.05) is 4.72 Å². The largest absolute Gasteiger partial charge is 0.478 e. The van der Waals surface area contributed by atoms with E-state index in [1.165, 1.54) is 42.5 Å². The lowest BCUT2D eigenvalue weighted by Gasteiger charge is -2.12. The minimum absolute atomic E-state index is 0.0134. The van der Waals surface area contributed by atoms with E-state index in [0.29, 0.717) is 0 Å². The van der Waals surface area contributed by atoms with Crippen molar-refractivity contribution in [1.29, 1.82) is 0 Å². The topological polar surface area (TPSA) is 83.5 Å². The Bertz CT molecular complexity index is 806. The normalized spacial score (nSPS) is 11.1. The molecule has 5 nitrogen and oxygen atoms in total. The summed E-state index contributed by atoms with van der Waals surface area (Å²) in [5.41, 5.74) is -0.431. The summed E-state index contributed by atoms with van der Waals surface area (Å²) >= 11 is 11.6. The van der Waals surface area contributed by atoms with Crippen LogP contribution in [0.4, 0.5) is 5.69 Å². The second-order valence-corrected chi connectivity index (χ2v) is 6.56. The quantitative estimate of drug-likeness (QED) is 0.888. The number of hydrogen-bond acceptors (Lipinski definition) is 3. The highest BCUT2D eigenvalue weighted by Gasteiger charge is 2.20. The van der Waals surface area contributed by atoms with Gasteiger partial charge in [0.05, 0.1) is 21.2 Å². The average molecular weight is 346 g/mol. The maximum atomic E-state index is 12.3. The molecule has 2 aromatic rings. The number of benzene rings is 2. The summed E-state index contributed by atoms with van der Waals surface area (Å²) in [5, 5.41) is 9.32. The molecule has 110 valence electrons. The van der Waals surface area contributed by atoms with Gasteiger partial charge in [-0.15, -0.1) is 0 Å². The Kier molecular flexibility index (Phi) is 4.41. The van der Waals surface area contributed by atoms with Crippen molar-refractivity contribution in [3.63, 3.8) is 0 Å². The van der Waals surface area contributed by atoms with E-state index in [2.05, 4.69) is 4.72 Å². The second-order valence-electron chi connectivity index (χ2n) is 4.03. The molecule has 0 heterocycles. The van der Waals surface area contributed by atoms with Gasteiger partial charge in [0.15, 0.2) is 0 Å². The van der Waals surface area contributed by atoms with E-state index in [1.54, 1.807) is 0 Å². The highest BCUT2D eigenvalue weighted by molar-refractivity contribution is 7.92. The van der Waals surface area contributed by atoms with Gasteiger partial charge in [-0.05, 0) is 30.3 Å². The average Bonchev–Trinajstić information content (AvgIpc) is 2.40. The standard InChI is InChI=1S/C13H9Cl2NO4S/c14-8-3-1-4-9(7-8)21(19,20)16-12-10(13(17)18)5-2-6-11(12)15/h1-7,16H,(H,17,18). The third-order valence-corrected chi connectivity index (χ3v) is 4.48. The number of anilines is 1. The van der Waals surface area contributed by atoms with Gasteiger partial charge in [0.1, 0.15) is 0 Å². The lowest BCUT2D eigenvalue weighted by molar-refractivity contribution is 0.0698. The van der Waals surface area contributed by atoms with Crippen molar-refractivity contribution in [2.24, 2.45) is 0 Å². The maximum absolute atomic E-state index is 12.3. The molecule has 0 aliphatic carbocycles. The molecule has 0 spiro atoms. The second kappa shape index (κ2) is 5.93. The van der Waals surface area contributed by atoms with Gasteiger partial charge in [-0.3, -0.25) is 4.72 Å². The van der Waals surface area contributed by atoms with Crippen LogP contribution in [0.5, 0.6) is 0 Å². The van der Waals surface area contributed by atoms with Crippen LogP contribution in [0.25, 0.3) is 0 Å². The smallest absolute Gasteiger partial charge is 0.337 e. The predicted octanol–water partition coefficient (Wildman–Crippen LogP) is 3.49. The molecule has 0 saturated carbocycles. The fraction of sp³-hybridized carbons (Fsp3) is 0. The van der Waals surface area contributed by atoms with Crippen LogP contribution in [0.15, 0.2) is 47.4 Å². The molecule has 0 aliphatic heterocycles. The van der Waals surface area contributed by atoms with Crippen LogP contribution in [0.1, 0.15) is 10.4 Å². The molecule has 0 aliphatic rings. The van der Waals surface area contributed by atoms with Gasteiger partial charge in [-0.1, -0.05) is 35.3 Å². The number of para-hydroxylation sites is 1. The molecule has 8 heteroatoms. The summed E-state index contributed by atoms with van der Waals surface area (Å²) in [6.07, 6.45) is 0. The van der Waals surface area contributed by atoms with Crippen molar-refractivity contribution in [2.45, 2.75) is 4.90 Å². The summed E-state index contributed by atoms with van der Waals surface area (Å²) in [4.78, 5) is 11.0. The number of hydrogen-bond donors (Lipinski definition) is 2. The molecule has 21 heavy (non-hydrogen) atoms. The van der Waals surface area contributed by atoms with E-state index >= 15 is 0 Å². The van der Waals surface area contributed by atoms with Crippen LogP contribution >= 0.6 is 23.2 Å². The third-order valence-electron chi connectivity index (χ3n) is 2.59. The predicted molar refractivity (Wildman–Crippen MR) is 80.7 cm³/mol. The van der Waals surface area contributed by atoms with Crippen molar-refractivity contribution in [3.05, 3.63) is 58.1 Å². The Labute approximate surface area is 131 Å². The molecular weight excluding hydrogens is 337 g/mol. The number of aromatic carboxylic acids is 1. The van der Waals surface area contributed by atoms with E-state index in [4.69, 9.17) is 28.3 Å². The van der Waals surface area contributed by atoms with Gasteiger partial charge in [-0.25, -0.2) is 13.2 Å². The van der Waals surface area contributed by atoms with Gasteiger partial charge in [0, 0.05) is 5.02 Å². The number of sulfonamides is 1. The number of carboxylic acids is 1. The molecule has 0 radical (unpaired) electrons. The molecule has 0 unspecified atom stereocenters. The first-order valence-corrected chi connectivity index (χ1v) is 7.85. The maximum Gasteiger partial charge on any atom is 0.337 e. The van der Waals surface area contributed by atoms with Gasteiger partial charge in [0.2, 0.25) is 0 Å². The fourth-order valence-corrected chi connectivity index (χ4v) is 3.31. The van der Waals surface area contributed by atoms with E-state index in [-0.39, 0.29) is 26.2 Å². The Morgan fingerprint density at radius 2 is 1.76 bits per heavy atom. The Morgan fingerprint density at radius 1 is 1.10 bits per heavy atom. The summed E-state index contributed by atoms with van der Waals surface area (Å²) in [5.74, 6) is -1.29. The third kappa shape index (κ3) is 3.47. The van der Waals surface area contributed by atoms with Crippen LogP contribution < -0.4 is 4.72 Å². The molecule has 0 fully saturated rings. The summed E-state index contributed by atoms with van der Waals surface area (Å²) in [7, 11) is -4.00. The molecule has 0 bridgehead atoms. The first-order chi connectivity index (χ1) is 9.81. The van der Waals surface area contributed by atoms with Gasteiger partial charge in [0.25, 0.3) is 10.0 Å². The van der Waals surface area contributed by atoms with Crippen molar-refractivity contribution >= 4 is 44.9 Å². The molecular formula is C13H9Cl2NO4S. The SMILES string of the molecule is O=C(O)c1cccc(Cl)c1NS(=O)(=O)c1cccc(Cl)c1.